The van der Waals surface area contributed by atoms with Crippen molar-refractivity contribution in [2.45, 2.75) is 19.1 Å². The van der Waals surface area contributed by atoms with Crippen molar-refractivity contribution in [2.75, 3.05) is 20.2 Å². The Morgan fingerprint density at radius 3 is 3.00 bits per heavy atom. The summed E-state index contributed by atoms with van der Waals surface area (Å²) in [6.07, 6.45) is 7.36. The Balaban J connectivity index is 1.38. The van der Waals surface area contributed by atoms with Gasteiger partial charge in [0, 0.05) is 25.5 Å². The van der Waals surface area contributed by atoms with Crippen molar-refractivity contribution in [3.05, 3.63) is 60.3 Å². The molecule has 1 aliphatic heterocycles. The minimum absolute atomic E-state index is 0.0359. The second-order valence-corrected chi connectivity index (χ2v) is 6.42. The molecule has 9 nitrogen and oxygen atoms in total. The molecule has 0 N–H and O–H groups in total. The van der Waals surface area contributed by atoms with E-state index in [2.05, 4.69) is 20.3 Å². The smallest absolute Gasteiger partial charge is 0.257 e. The zero-order valence-corrected chi connectivity index (χ0v) is 15.4. The molecule has 3 heterocycles. The molecule has 4 rings (SSSR count). The molecule has 1 saturated heterocycles. The number of carbonyl (C=O) groups is 1. The molecule has 1 fully saturated rings. The number of ether oxygens (including phenoxy) is 2. The zero-order chi connectivity index (χ0) is 19.3. The maximum absolute atomic E-state index is 12.8. The number of amides is 1. The normalized spacial score (nSPS) is 16.2. The Morgan fingerprint density at radius 1 is 1.29 bits per heavy atom. The van der Waals surface area contributed by atoms with Crippen molar-refractivity contribution in [3.63, 3.8) is 0 Å². The summed E-state index contributed by atoms with van der Waals surface area (Å²) in [5.74, 6) is 0.984. The fraction of sp³-hybridized carbons (Fsp3) is 0.316. The van der Waals surface area contributed by atoms with Crippen molar-refractivity contribution >= 4 is 5.91 Å². The van der Waals surface area contributed by atoms with Gasteiger partial charge in [0.25, 0.3) is 5.91 Å². The van der Waals surface area contributed by atoms with E-state index in [1.807, 2.05) is 23.2 Å². The van der Waals surface area contributed by atoms with Crippen LogP contribution in [0, 0.1) is 0 Å². The molecular weight excluding hydrogens is 360 g/mol. The lowest BCUT2D eigenvalue weighted by Gasteiger charge is -2.18. The number of methoxy groups -OCH3 is 1. The third-order valence-electron chi connectivity index (χ3n) is 4.63. The summed E-state index contributed by atoms with van der Waals surface area (Å²) >= 11 is 0. The van der Waals surface area contributed by atoms with Crippen LogP contribution < -0.4 is 9.47 Å². The van der Waals surface area contributed by atoms with Gasteiger partial charge in [0.1, 0.15) is 18.1 Å². The van der Waals surface area contributed by atoms with E-state index < -0.39 is 0 Å². The molecule has 144 valence electrons. The number of aromatic nitrogens is 5. The fourth-order valence-electron chi connectivity index (χ4n) is 3.20. The highest BCUT2D eigenvalue weighted by atomic mass is 16.5. The van der Waals surface area contributed by atoms with Crippen LogP contribution >= 0.6 is 0 Å². The third-order valence-corrected chi connectivity index (χ3v) is 4.63. The molecule has 9 heteroatoms. The highest BCUT2D eigenvalue weighted by Crippen LogP contribution is 2.26. The van der Waals surface area contributed by atoms with Gasteiger partial charge in [-0.2, -0.15) is 0 Å². The number of carbonyl (C=O) groups excluding carboxylic acids is 1. The maximum atomic E-state index is 12.8. The Morgan fingerprint density at radius 2 is 2.18 bits per heavy atom. The summed E-state index contributed by atoms with van der Waals surface area (Å²) < 4.78 is 12.6. The van der Waals surface area contributed by atoms with E-state index in [0.29, 0.717) is 36.0 Å². The molecule has 0 spiro atoms. The van der Waals surface area contributed by atoms with E-state index in [1.165, 1.54) is 0 Å². The Labute approximate surface area is 161 Å². The van der Waals surface area contributed by atoms with Gasteiger partial charge in [0.15, 0.2) is 0 Å². The molecule has 3 aromatic rings. The number of hydrogen-bond donors (Lipinski definition) is 0. The van der Waals surface area contributed by atoms with Crippen LogP contribution in [0.15, 0.2) is 49.1 Å². The van der Waals surface area contributed by atoms with Crippen molar-refractivity contribution in [2.24, 2.45) is 0 Å². The SMILES string of the molecule is COc1ccccc1C(=O)N1CCC(n2cc(COc3cnccn3)nn2)C1. The molecule has 0 aliphatic carbocycles. The van der Waals surface area contributed by atoms with E-state index in [-0.39, 0.29) is 18.6 Å². The number of nitrogens with zero attached hydrogens (tertiary/aromatic N) is 6. The quantitative estimate of drug-likeness (QED) is 0.643. The van der Waals surface area contributed by atoms with Crippen molar-refractivity contribution < 1.29 is 14.3 Å². The zero-order valence-electron chi connectivity index (χ0n) is 15.4. The standard InChI is InChI=1S/C19H20N6O3/c1-27-17-5-3-2-4-16(17)19(26)24-9-6-15(12-24)25-11-14(22-23-25)13-28-18-10-20-7-8-21-18/h2-5,7-8,10-11,15H,6,9,12-13H2,1H3. The lowest BCUT2D eigenvalue weighted by atomic mass is 10.2. The van der Waals surface area contributed by atoms with E-state index in [1.54, 1.807) is 42.5 Å². The molecule has 28 heavy (non-hydrogen) atoms. The predicted molar refractivity (Wildman–Crippen MR) is 98.9 cm³/mol. The Hall–Kier alpha value is -3.49. The van der Waals surface area contributed by atoms with Crippen LogP contribution in [0.4, 0.5) is 0 Å². The highest BCUT2D eigenvalue weighted by molar-refractivity contribution is 5.97. The first-order valence-corrected chi connectivity index (χ1v) is 8.96. The first-order valence-electron chi connectivity index (χ1n) is 8.96. The van der Waals surface area contributed by atoms with Crippen LogP contribution in [0.1, 0.15) is 28.5 Å². The maximum Gasteiger partial charge on any atom is 0.257 e. The number of benzene rings is 1. The molecule has 1 aliphatic rings. The monoisotopic (exact) mass is 380 g/mol. The highest BCUT2D eigenvalue weighted by Gasteiger charge is 2.30. The average Bonchev–Trinajstić information content (AvgIpc) is 3.42. The first kappa shape index (κ1) is 17.9. The van der Waals surface area contributed by atoms with E-state index in [4.69, 9.17) is 9.47 Å². The second kappa shape index (κ2) is 8.03. The molecule has 0 saturated carbocycles. The molecular formula is C19H20N6O3. The van der Waals surface area contributed by atoms with Crippen LogP contribution in [0.3, 0.4) is 0 Å². The van der Waals surface area contributed by atoms with E-state index >= 15 is 0 Å². The van der Waals surface area contributed by atoms with Crippen molar-refractivity contribution in [3.8, 4) is 11.6 Å². The van der Waals surface area contributed by atoms with Gasteiger partial charge in [-0.3, -0.25) is 9.78 Å². The van der Waals surface area contributed by atoms with Crippen molar-refractivity contribution in [1.29, 1.82) is 0 Å². The van der Waals surface area contributed by atoms with Gasteiger partial charge in [-0.25, -0.2) is 9.67 Å². The largest absolute Gasteiger partial charge is 0.496 e. The minimum Gasteiger partial charge on any atom is -0.496 e. The van der Waals surface area contributed by atoms with Crippen LogP contribution in [0.25, 0.3) is 0 Å². The van der Waals surface area contributed by atoms with Gasteiger partial charge in [0.2, 0.25) is 5.88 Å². The molecule has 2 aromatic heterocycles. The van der Waals surface area contributed by atoms with Crippen LogP contribution in [0.2, 0.25) is 0 Å². The van der Waals surface area contributed by atoms with Crippen LogP contribution in [0.5, 0.6) is 11.6 Å². The third kappa shape index (κ3) is 3.78. The van der Waals surface area contributed by atoms with Crippen LogP contribution in [-0.2, 0) is 6.61 Å². The summed E-state index contributed by atoms with van der Waals surface area (Å²) in [6.45, 7) is 1.49. The molecule has 1 atom stereocenters. The van der Waals surface area contributed by atoms with Gasteiger partial charge in [0.05, 0.1) is 31.1 Å². The number of likely N-dealkylation sites (tertiary alicyclic amines) is 1. The summed E-state index contributed by atoms with van der Waals surface area (Å²) in [4.78, 5) is 22.7. The van der Waals surface area contributed by atoms with Gasteiger partial charge in [-0.1, -0.05) is 17.3 Å². The van der Waals surface area contributed by atoms with Gasteiger partial charge < -0.3 is 14.4 Å². The Kier molecular flexibility index (Phi) is 5.14. The fourth-order valence-corrected chi connectivity index (χ4v) is 3.20. The lowest BCUT2D eigenvalue weighted by Crippen LogP contribution is -2.29. The predicted octanol–water partition coefficient (Wildman–Crippen LogP) is 1.74. The first-order chi connectivity index (χ1) is 13.7. The number of rotatable bonds is 6. The topological polar surface area (TPSA) is 95.3 Å². The average molecular weight is 380 g/mol. The van der Waals surface area contributed by atoms with E-state index in [0.717, 1.165) is 6.42 Å². The molecule has 0 radical (unpaired) electrons. The summed E-state index contributed by atoms with van der Waals surface area (Å²) in [5.41, 5.74) is 1.27. The van der Waals surface area contributed by atoms with Gasteiger partial charge in [-0.15, -0.1) is 5.10 Å². The summed E-state index contributed by atoms with van der Waals surface area (Å²) in [5, 5.41) is 8.35. The van der Waals surface area contributed by atoms with Crippen molar-refractivity contribution in [1.82, 2.24) is 29.9 Å². The second-order valence-electron chi connectivity index (χ2n) is 6.42. The number of para-hydroxylation sites is 1. The molecule has 1 amide bonds. The Bertz CT molecular complexity index is 946. The molecule has 1 unspecified atom stereocenters. The molecule has 0 bridgehead atoms. The van der Waals surface area contributed by atoms with Gasteiger partial charge >= 0.3 is 0 Å². The summed E-state index contributed by atoms with van der Waals surface area (Å²) in [6, 6.07) is 7.34. The number of hydrogen-bond acceptors (Lipinski definition) is 7. The minimum atomic E-state index is -0.0359. The van der Waals surface area contributed by atoms with Gasteiger partial charge in [-0.05, 0) is 18.6 Å². The van der Waals surface area contributed by atoms with E-state index in [9.17, 15) is 4.79 Å². The summed E-state index contributed by atoms with van der Waals surface area (Å²) in [7, 11) is 1.57. The van der Waals surface area contributed by atoms with Crippen LogP contribution in [-0.4, -0.2) is 56.0 Å². The lowest BCUT2D eigenvalue weighted by molar-refractivity contribution is 0.0783. The molecule has 1 aromatic carbocycles.